The number of hydrogen-bond donors (Lipinski definition) is 2. The van der Waals surface area contributed by atoms with Gasteiger partial charge in [0.2, 0.25) is 5.91 Å². The van der Waals surface area contributed by atoms with E-state index in [9.17, 15) is 9.90 Å². The summed E-state index contributed by atoms with van der Waals surface area (Å²) < 4.78 is 5.54. The Bertz CT molecular complexity index is 430. The van der Waals surface area contributed by atoms with Gasteiger partial charge >= 0.3 is 0 Å². The van der Waals surface area contributed by atoms with Gasteiger partial charge in [0.05, 0.1) is 18.1 Å². The molecule has 0 saturated heterocycles. The molecule has 0 heterocycles. The van der Waals surface area contributed by atoms with Crippen molar-refractivity contribution in [2.45, 2.75) is 39.2 Å². The summed E-state index contributed by atoms with van der Waals surface area (Å²) in [5, 5.41) is 12.2. The number of amides is 1. The number of hydrogen-bond acceptors (Lipinski definition) is 3. The zero-order valence-corrected chi connectivity index (χ0v) is 11.5. The van der Waals surface area contributed by atoms with Crippen molar-refractivity contribution in [2.75, 3.05) is 11.9 Å². The van der Waals surface area contributed by atoms with E-state index in [0.717, 1.165) is 30.7 Å². The topological polar surface area (TPSA) is 58.6 Å². The maximum absolute atomic E-state index is 12.1. The molecule has 1 aromatic rings. The van der Waals surface area contributed by atoms with Crippen LogP contribution in [0.2, 0.25) is 0 Å². The van der Waals surface area contributed by atoms with Crippen molar-refractivity contribution in [2.24, 2.45) is 5.41 Å². The highest BCUT2D eigenvalue weighted by Crippen LogP contribution is 2.41. The van der Waals surface area contributed by atoms with E-state index < -0.39 is 5.41 Å². The first kappa shape index (κ1) is 13.9. The molecule has 104 valence electrons. The summed E-state index contributed by atoms with van der Waals surface area (Å²) in [5.41, 5.74) is 0.174. The number of anilines is 1. The van der Waals surface area contributed by atoms with Crippen molar-refractivity contribution in [3.63, 3.8) is 0 Å². The minimum atomic E-state index is -0.562. The predicted octanol–water partition coefficient (Wildman–Crippen LogP) is 2.57. The Morgan fingerprint density at radius 3 is 2.42 bits per heavy atom. The summed E-state index contributed by atoms with van der Waals surface area (Å²) in [6, 6.07) is 7.31. The number of nitrogens with one attached hydrogen (secondary N) is 1. The number of ether oxygens (including phenoxy) is 1. The maximum Gasteiger partial charge on any atom is 0.232 e. The second kappa shape index (κ2) is 5.61. The van der Waals surface area contributed by atoms with Crippen LogP contribution in [0.3, 0.4) is 0 Å². The fourth-order valence-corrected chi connectivity index (χ4v) is 2.21. The molecule has 4 heteroatoms. The molecule has 1 aliphatic rings. The van der Waals surface area contributed by atoms with Crippen LogP contribution in [0.15, 0.2) is 24.3 Å². The molecule has 0 unspecified atom stereocenters. The lowest BCUT2D eigenvalue weighted by Crippen LogP contribution is -2.44. The van der Waals surface area contributed by atoms with Crippen LogP contribution in [0.4, 0.5) is 5.69 Å². The van der Waals surface area contributed by atoms with Gasteiger partial charge in [-0.25, -0.2) is 0 Å². The van der Waals surface area contributed by atoms with E-state index in [2.05, 4.69) is 5.32 Å². The van der Waals surface area contributed by atoms with E-state index in [4.69, 9.17) is 4.74 Å². The van der Waals surface area contributed by atoms with Gasteiger partial charge in [-0.2, -0.15) is 0 Å². The Morgan fingerprint density at radius 2 is 2.00 bits per heavy atom. The maximum atomic E-state index is 12.1. The summed E-state index contributed by atoms with van der Waals surface area (Å²) in [5.74, 6) is 0.701. The summed E-state index contributed by atoms with van der Waals surface area (Å²) in [6.45, 7) is 3.86. The van der Waals surface area contributed by atoms with Crippen molar-refractivity contribution in [1.29, 1.82) is 0 Å². The third-order valence-electron chi connectivity index (χ3n) is 3.58. The Labute approximate surface area is 113 Å². The Kier molecular flexibility index (Phi) is 4.10. The number of carbonyl (C=O) groups excluding carboxylic acids is 1. The van der Waals surface area contributed by atoms with Crippen LogP contribution in [0.1, 0.15) is 33.1 Å². The van der Waals surface area contributed by atoms with Crippen molar-refractivity contribution in [1.82, 2.24) is 0 Å². The first-order valence-corrected chi connectivity index (χ1v) is 6.75. The molecule has 0 aliphatic heterocycles. The predicted molar refractivity (Wildman–Crippen MR) is 74.2 cm³/mol. The number of aliphatic hydroxyl groups excluding tert-OH is 1. The number of aliphatic hydroxyl groups is 1. The molecule has 1 aliphatic carbocycles. The zero-order chi connectivity index (χ0) is 13.9. The van der Waals surface area contributed by atoms with Crippen LogP contribution >= 0.6 is 0 Å². The van der Waals surface area contributed by atoms with Crippen molar-refractivity contribution >= 4 is 11.6 Å². The van der Waals surface area contributed by atoms with Gasteiger partial charge in [-0.05, 0) is 51.0 Å². The van der Waals surface area contributed by atoms with Crippen LogP contribution in [-0.4, -0.2) is 23.7 Å². The fraction of sp³-hybridized carbons (Fsp3) is 0.533. The van der Waals surface area contributed by atoms with E-state index in [1.807, 2.05) is 38.1 Å². The third kappa shape index (κ3) is 3.07. The highest BCUT2D eigenvalue weighted by Gasteiger charge is 2.43. The molecule has 1 amide bonds. The monoisotopic (exact) mass is 263 g/mol. The Hall–Kier alpha value is -1.55. The third-order valence-corrected chi connectivity index (χ3v) is 3.58. The molecule has 0 atom stereocenters. The molecule has 4 nitrogen and oxygen atoms in total. The lowest BCUT2D eigenvalue weighted by atomic mass is 9.68. The lowest BCUT2D eigenvalue weighted by molar-refractivity contribution is -0.133. The molecule has 1 fully saturated rings. The largest absolute Gasteiger partial charge is 0.491 e. The molecule has 19 heavy (non-hydrogen) atoms. The molecule has 0 bridgehead atoms. The highest BCUT2D eigenvalue weighted by atomic mass is 16.5. The van der Waals surface area contributed by atoms with Gasteiger partial charge < -0.3 is 15.2 Å². The summed E-state index contributed by atoms with van der Waals surface area (Å²) in [4.78, 5) is 12.1. The van der Waals surface area contributed by atoms with E-state index in [1.165, 1.54) is 0 Å². The quantitative estimate of drug-likeness (QED) is 0.858. The van der Waals surface area contributed by atoms with Crippen molar-refractivity contribution < 1.29 is 14.6 Å². The second-order valence-electron chi connectivity index (χ2n) is 5.44. The average molecular weight is 263 g/mol. The number of benzene rings is 1. The van der Waals surface area contributed by atoms with Crippen molar-refractivity contribution in [3.05, 3.63) is 24.3 Å². The SMILES string of the molecule is CC(C)Oc1ccc(NC(=O)C2(CO)CCC2)cc1. The first-order valence-electron chi connectivity index (χ1n) is 6.75. The minimum absolute atomic E-state index is 0.0760. The van der Waals surface area contributed by atoms with Crippen LogP contribution in [-0.2, 0) is 4.79 Å². The van der Waals surface area contributed by atoms with Crippen LogP contribution in [0.5, 0.6) is 5.75 Å². The first-order chi connectivity index (χ1) is 9.05. The molecule has 1 aromatic carbocycles. The van der Waals surface area contributed by atoms with Gasteiger partial charge in [0.1, 0.15) is 5.75 Å². The average Bonchev–Trinajstić information content (AvgIpc) is 2.30. The van der Waals surface area contributed by atoms with Gasteiger partial charge in [0.25, 0.3) is 0 Å². The van der Waals surface area contributed by atoms with Crippen LogP contribution in [0.25, 0.3) is 0 Å². The molecule has 2 N–H and O–H groups in total. The Balaban J connectivity index is 1.97. The lowest BCUT2D eigenvalue weighted by Gasteiger charge is -2.38. The number of carbonyl (C=O) groups is 1. The van der Waals surface area contributed by atoms with Gasteiger partial charge in [-0.1, -0.05) is 6.42 Å². The standard InChI is InChI=1S/C15H21NO3/c1-11(2)19-13-6-4-12(5-7-13)16-14(18)15(10-17)8-3-9-15/h4-7,11,17H,3,8-10H2,1-2H3,(H,16,18). The highest BCUT2D eigenvalue weighted by molar-refractivity contribution is 5.96. The van der Waals surface area contributed by atoms with E-state index >= 15 is 0 Å². The fourth-order valence-electron chi connectivity index (χ4n) is 2.21. The van der Waals surface area contributed by atoms with Gasteiger partial charge in [0.15, 0.2) is 0 Å². The normalized spacial score (nSPS) is 16.8. The summed E-state index contributed by atoms with van der Waals surface area (Å²) in [6.07, 6.45) is 2.68. The number of rotatable bonds is 5. The molecule has 0 spiro atoms. The molecule has 0 aromatic heterocycles. The summed E-state index contributed by atoms with van der Waals surface area (Å²) >= 11 is 0. The molecular weight excluding hydrogens is 242 g/mol. The summed E-state index contributed by atoms with van der Waals surface area (Å²) in [7, 11) is 0. The zero-order valence-electron chi connectivity index (χ0n) is 11.5. The van der Waals surface area contributed by atoms with E-state index in [0.29, 0.717) is 0 Å². The van der Waals surface area contributed by atoms with E-state index in [1.54, 1.807) is 0 Å². The molecular formula is C15H21NO3. The van der Waals surface area contributed by atoms with Crippen LogP contribution < -0.4 is 10.1 Å². The van der Waals surface area contributed by atoms with Gasteiger partial charge in [-0.3, -0.25) is 4.79 Å². The van der Waals surface area contributed by atoms with Crippen molar-refractivity contribution in [3.8, 4) is 5.75 Å². The Morgan fingerprint density at radius 1 is 1.37 bits per heavy atom. The van der Waals surface area contributed by atoms with Gasteiger partial charge in [-0.15, -0.1) is 0 Å². The smallest absolute Gasteiger partial charge is 0.232 e. The molecule has 2 rings (SSSR count). The molecule has 0 radical (unpaired) electrons. The van der Waals surface area contributed by atoms with Crippen LogP contribution in [0, 0.1) is 5.41 Å². The van der Waals surface area contributed by atoms with E-state index in [-0.39, 0.29) is 18.6 Å². The molecule has 1 saturated carbocycles. The minimum Gasteiger partial charge on any atom is -0.491 e. The van der Waals surface area contributed by atoms with Gasteiger partial charge in [0, 0.05) is 5.69 Å². The second-order valence-corrected chi connectivity index (χ2v) is 5.44.